The number of amides is 1. The Balaban J connectivity index is 1.73. The number of phenolic OH excluding ortho intramolecular Hbond substituents is 1. The second kappa shape index (κ2) is 5.49. The number of benzene rings is 1. The lowest BCUT2D eigenvalue weighted by molar-refractivity contribution is 0.00583. The fourth-order valence-corrected chi connectivity index (χ4v) is 3.84. The lowest BCUT2D eigenvalue weighted by atomic mass is 9.85. The first kappa shape index (κ1) is 15.2. The van der Waals surface area contributed by atoms with E-state index < -0.39 is 5.60 Å². The van der Waals surface area contributed by atoms with Crippen LogP contribution in [0.2, 0.25) is 0 Å². The zero-order valence-electron chi connectivity index (χ0n) is 13.6. The van der Waals surface area contributed by atoms with Gasteiger partial charge in [-0.3, -0.25) is 0 Å². The van der Waals surface area contributed by atoms with Gasteiger partial charge in [-0.05, 0) is 70.1 Å². The van der Waals surface area contributed by atoms with Crippen LogP contribution in [0.4, 0.5) is 4.79 Å². The summed E-state index contributed by atoms with van der Waals surface area (Å²) in [5.74, 6) is 0.739. The fraction of sp³-hybridized carbons (Fsp3) is 0.611. The Hall–Kier alpha value is -1.71. The van der Waals surface area contributed by atoms with Crippen molar-refractivity contribution in [2.45, 2.75) is 70.1 Å². The van der Waals surface area contributed by atoms with E-state index in [1.165, 1.54) is 5.56 Å². The predicted molar refractivity (Wildman–Crippen MR) is 85.0 cm³/mol. The van der Waals surface area contributed by atoms with Crippen LogP contribution in [-0.4, -0.2) is 33.8 Å². The maximum Gasteiger partial charge on any atom is 0.410 e. The summed E-state index contributed by atoms with van der Waals surface area (Å²) >= 11 is 0. The van der Waals surface area contributed by atoms with Crippen LogP contribution in [0.25, 0.3) is 0 Å². The van der Waals surface area contributed by atoms with Crippen LogP contribution >= 0.6 is 0 Å². The monoisotopic (exact) mass is 303 g/mol. The highest BCUT2D eigenvalue weighted by atomic mass is 16.6. The highest BCUT2D eigenvalue weighted by molar-refractivity contribution is 5.69. The molecule has 2 saturated heterocycles. The summed E-state index contributed by atoms with van der Waals surface area (Å²) in [6, 6.07) is 8.06. The summed E-state index contributed by atoms with van der Waals surface area (Å²) in [6.45, 7) is 5.73. The first-order valence-corrected chi connectivity index (χ1v) is 8.14. The summed E-state index contributed by atoms with van der Waals surface area (Å²) in [6.07, 6.45) is 3.85. The van der Waals surface area contributed by atoms with Crippen molar-refractivity contribution in [1.29, 1.82) is 0 Å². The van der Waals surface area contributed by atoms with Crippen molar-refractivity contribution in [3.05, 3.63) is 29.8 Å². The third kappa shape index (κ3) is 3.06. The molecule has 2 bridgehead atoms. The highest BCUT2D eigenvalue weighted by Crippen LogP contribution is 2.44. The minimum Gasteiger partial charge on any atom is -0.508 e. The van der Waals surface area contributed by atoms with E-state index in [0.29, 0.717) is 11.7 Å². The molecule has 1 aromatic carbocycles. The summed E-state index contributed by atoms with van der Waals surface area (Å²) < 4.78 is 5.57. The largest absolute Gasteiger partial charge is 0.508 e. The Kier molecular flexibility index (Phi) is 3.79. The molecule has 2 atom stereocenters. The molecule has 0 aliphatic carbocycles. The van der Waals surface area contributed by atoms with Gasteiger partial charge in [0.05, 0.1) is 0 Å². The van der Waals surface area contributed by atoms with Crippen LogP contribution in [0.1, 0.15) is 57.9 Å². The molecule has 3 rings (SSSR count). The average molecular weight is 303 g/mol. The van der Waals surface area contributed by atoms with Crippen LogP contribution in [0.3, 0.4) is 0 Å². The van der Waals surface area contributed by atoms with Gasteiger partial charge in [-0.2, -0.15) is 0 Å². The lowest BCUT2D eigenvalue weighted by Crippen LogP contribution is -2.48. The molecule has 0 spiro atoms. The van der Waals surface area contributed by atoms with Gasteiger partial charge in [0.1, 0.15) is 11.4 Å². The van der Waals surface area contributed by atoms with Crippen molar-refractivity contribution in [3.8, 4) is 5.75 Å². The van der Waals surface area contributed by atoms with Crippen molar-refractivity contribution >= 4 is 6.09 Å². The molecule has 2 heterocycles. The Morgan fingerprint density at radius 2 is 1.86 bits per heavy atom. The SMILES string of the molecule is CC(C)(C)OC(=O)N1C2CCC1CC(c1cccc(O)c1)C2. The zero-order valence-corrected chi connectivity index (χ0v) is 13.6. The van der Waals surface area contributed by atoms with Crippen molar-refractivity contribution in [1.82, 2.24) is 4.90 Å². The molecule has 120 valence electrons. The standard InChI is InChI=1S/C18H25NO3/c1-18(2,3)22-17(21)19-14-7-8-15(19)10-13(9-14)12-5-4-6-16(20)11-12/h4-6,11,13-15,20H,7-10H2,1-3H3. The molecule has 22 heavy (non-hydrogen) atoms. The molecule has 0 aromatic heterocycles. The van der Waals surface area contributed by atoms with E-state index in [1.54, 1.807) is 6.07 Å². The molecule has 2 aliphatic heterocycles. The smallest absolute Gasteiger partial charge is 0.410 e. The van der Waals surface area contributed by atoms with E-state index in [9.17, 15) is 9.90 Å². The van der Waals surface area contributed by atoms with E-state index in [4.69, 9.17) is 4.74 Å². The number of phenols is 1. The molecule has 2 unspecified atom stereocenters. The van der Waals surface area contributed by atoms with Crippen LogP contribution in [0.5, 0.6) is 5.75 Å². The van der Waals surface area contributed by atoms with Crippen LogP contribution in [0.15, 0.2) is 24.3 Å². The maximum atomic E-state index is 12.4. The molecular weight excluding hydrogens is 278 g/mol. The molecular formula is C18H25NO3. The number of hydrogen-bond donors (Lipinski definition) is 1. The minimum atomic E-state index is -0.446. The molecule has 2 fully saturated rings. The molecule has 1 amide bonds. The maximum absolute atomic E-state index is 12.4. The van der Waals surface area contributed by atoms with Gasteiger partial charge < -0.3 is 14.7 Å². The third-order valence-corrected chi connectivity index (χ3v) is 4.68. The molecule has 0 saturated carbocycles. The lowest BCUT2D eigenvalue weighted by Gasteiger charge is -2.39. The fourth-order valence-electron chi connectivity index (χ4n) is 3.84. The second-order valence-electron chi connectivity index (χ2n) is 7.54. The van der Waals surface area contributed by atoms with E-state index >= 15 is 0 Å². The predicted octanol–water partition coefficient (Wildman–Crippen LogP) is 4.04. The van der Waals surface area contributed by atoms with Gasteiger partial charge in [-0.15, -0.1) is 0 Å². The number of aromatic hydroxyl groups is 1. The molecule has 1 N–H and O–H groups in total. The second-order valence-corrected chi connectivity index (χ2v) is 7.54. The van der Waals surface area contributed by atoms with Crippen molar-refractivity contribution in [3.63, 3.8) is 0 Å². The van der Waals surface area contributed by atoms with Crippen LogP contribution < -0.4 is 0 Å². The summed E-state index contributed by atoms with van der Waals surface area (Å²) in [5.41, 5.74) is 0.735. The number of fused-ring (bicyclic) bond motifs is 2. The molecule has 4 heteroatoms. The van der Waals surface area contributed by atoms with E-state index in [0.717, 1.165) is 25.7 Å². The number of carbonyl (C=O) groups is 1. The number of piperidine rings is 1. The topological polar surface area (TPSA) is 49.8 Å². The van der Waals surface area contributed by atoms with Crippen LogP contribution in [-0.2, 0) is 4.74 Å². The molecule has 4 nitrogen and oxygen atoms in total. The van der Waals surface area contributed by atoms with Crippen molar-refractivity contribution in [2.75, 3.05) is 0 Å². The van der Waals surface area contributed by atoms with Gasteiger partial charge in [0.25, 0.3) is 0 Å². The Labute approximate surface area is 132 Å². The minimum absolute atomic E-state index is 0.172. The van der Waals surface area contributed by atoms with Gasteiger partial charge in [0, 0.05) is 12.1 Å². The number of hydrogen-bond acceptors (Lipinski definition) is 3. The summed E-state index contributed by atoms with van der Waals surface area (Å²) in [5, 5.41) is 9.67. The van der Waals surface area contributed by atoms with Crippen molar-refractivity contribution < 1.29 is 14.6 Å². The van der Waals surface area contributed by atoms with Gasteiger partial charge in [-0.1, -0.05) is 12.1 Å². The van der Waals surface area contributed by atoms with E-state index in [2.05, 4.69) is 6.07 Å². The first-order valence-electron chi connectivity index (χ1n) is 8.14. The number of ether oxygens (including phenoxy) is 1. The van der Waals surface area contributed by atoms with Gasteiger partial charge >= 0.3 is 6.09 Å². The Bertz CT molecular complexity index is 550. The molecule has 2 aliphatic rings. The Morgan fingerprint density at radius 3 is 2.41 bits per heavy atom. The van der Waals surface area contributed by atoms with Gasteiger partial charge in [-0.25, -0.2) is 4.79 Å². The normalized spacial score (nSPS) is 27.8. The first-order chi connectivity index (χ1) is 10.3. The highest BCUT2D eigenvalue weighted by Gasteiger charge is 2.45. The van der Waals surface area contributed by atoms with Gasteiger partial charge in [0.2, 0.25) is 0 Å². The Morgan fingerprint density at radius 1 is 1.23 bits per heavy atom. The third-order valence-electron chi connectivity index (χ3n) is 4.68. The quantitative estimate of drug-likeness (QED) is 0.852. The summed E-state index contributed by atoms with van der Waals surface area (Å²) in [7, 11) is 0. The van der Waals surface area contributed by atoms with E-state index in [1.807, 2.05) is 37.8 Å². The molecule has 0 radical (unpaired) electrons. The number of rotatable bonds is 1. The summed E-state index contributed by atoms with van der Waals surface area (Å²) in [4.78, 5) is 14.4. The van der Waals surface area contributed by atoms with E-state index in [-0.39, 0.29) is 18.2 Å². The number of nitrogens with zero attached hydrogens (tertiary/aromatic N) is 1. The number of carbonyl (C=O) groups excluding carboxylic acids is 1. The average Bonchev–Trinajstić information content (AvgIpc) is 2.68. The van der Waals surface area contributed by atoms with Gasteiger partial charge in [0.15, 0.2) is 0 Å². The van der Waals surface area contributed by atoms with Crippen molar-refractivity contribution in [2.24, 2.45) is 0 Å². The molecule has 1 aromatic rings. The van der Waals surface area contributed by atoms with Crippen LogP contribution in [0, 0.1) is 0 Å². The zero-order chi connectivity index (χ0) is 15.9.